The van der Waals surface area contributed by atoms with Gasteiger partial charge in [0.05, 0.1) is 19.1 Å². The van der Waals surface area contributed by atoms with E-state index in [1.165, 1.54) is 22.6 Å². The van der Waals surface area contributed by atoms with Gasteiger partial charge in [0, 0.05) is 43.5 Å². The SMILES string of the molecule is COc1ccc(-c2cc(=O)n(CC(=O)N3CCN(c4ccccc4)CC3)cn2)cc1. The average Bonchev–Trinajstić information content (AvgIpc) is 2.81. The van der Waals surface area contributed by atoms with Crippen LogP contribution in [0.1, 0.15) is 0 Å². The van der Waals surface area contributed by atoms with Crippen molar-refractivity contribution in [2.75, 3.05) is 38.2 Å². The lowest BCUT2D eigenvalue weighted by atomic mass is 10.1. The molecule has 4 rings (SSSR count). The van der Waals surface area contributed by atoms with Crippen molar-refractivity contribution in [3.8, 4) is 17.0 Å². The molecule has 154 valence electrons. The molecule has 2 aromatic carbocycles. The Balaban J connectivity index is 1.38. The maximum Gasteiger partial charge on any atom is 0.254 e. The number of carbonyl (C=O) groups is 1. The Bertz CT molecular complexity index is 1060. The van der Waals surface area contributed by atoms with E-state index in [0.717, 1.165) is 24.4 Å². The standard InChI is InChI=1S/C23H24N4O3/c1-30-20-9-7-18(8-10-20)21-15-22(28)27(17-24-21)16-23(29)26-13-11-25(12-14-26)19-5-3-2-4-6-19/h2-10,15,17H,11-14,16H2,1H3. The van der Waals surface area contributed by atoms with Crippen molar-refractivity contribution in [1.29, 1.82) is 0 Å². The molecular formula is C23H24N4O3. The molecule has 1 amide bonds. The van der Waals surface area contributed by atoms with Crippen molar-refractivity contribution in [3.05, 3.63) is 77.3 Å². The van der Waals surface area contributed by atoms with Gasteiger partial charge in [-0.05, 0) is 36.4 Å². The number of hydrogen-bond donors (Lipinski definition) is 0. The molecule has 3 aromatic rings. The fourth-order valence-electron chi connectivity index (χ4n) is 3.56. The topological polar surface area (TPSA) is 67.7 Å². The van der Waals surface area contributed by atoms with Gasteiger partial charge in [-0.1, -0.05) is 18.2 Å². The average molecular weight is 404 g/mol. The number of aromatic nitrogens is 2. The summed E-state index contributed by atoms with van der Waals surface area (Å²) in [5.41, 5.74) is 2.32. The Hall–Kier alpha value is -3.61. The summed E-state index contributed by atoms with van der Waals surface area (Å²) >= 11 is 0. The first-order chi connectivity index (χ1) is 14.6. The second-order valence-electron chi connectivity index (χ2n) is 7.17. The Kier molecular flexibility index (Phi) is 5.79. The van der Waals surface area contributed by atoms with Crippen LogP contribution >= 0.6 is 0 Å². The van der Waals surface area contributed by atoms with E-state index in [2.05, 4.69) is 22.0 Å². The zero-order chi connectivity index (χ0) is 20.9. The first-order valence-corrected chi connectivity index (χ1v) is 9.93. The number of methoxy groups -OCH3 is 1. The van der Waals surface area contributed by atoms with E-state index in [1.807, 2.05) is 47.4 Å². The van der Waals surface area contributed by atoms with Crippen LogP contribution in [-0.2, 0) is 11.3 Å². The van der Waals surface area contributed by atoms with Crippen molar-refractivity contribution in [1.82, 2.24) is 14.5 Å². The van der Waals surface area contributed by atoms with Crippen molar-refractivity contribution in [2.45, 2.75) is 6.54 Å². The molecule has 0 N–H and O–H groups in total. The molecule has 0 bridgehead atoms. The third-order valence-electron chi connectivity index (χ3n) is 5.32. The Morgan fingerprint density at radius 1 is 1.00 bits per heavy atom. The molecule has 1 aliphatic rings. The summed E-state index contributed by atoms with van der Waals surface area (Å²) in [5.74, 6) is 0.675. The molecule has 0 atom stereocenters. The highest BCUT2D eigenvalue weighted by Gasteiger charge is 2.21. The lowest BCUT2D eigenvalue weighted by molar-refractivity contribution is -0.132. The van der Waals surface area contributed by atoms with Crippen LogP contribution in [0.15, 0.2) is 71.8 Å². The van der Waals surface area contributed by atoms with E-state index in [-0.39, 0.29) is 18.0 Å². The van der Waals surface area contributed by atoms with Gasteiger partial charge in [0.2, 0.25) is 5.91 Å². The molecule has 1 fully saturated rings. The molecule has 0 spiro atoms. The van der Waals surface area contributed by atoms with E-state index in [4.69, 9.17) is 4.74 Å². The van der Waals surface area contributed by atoms with Crippen LogP contribution < -0.4 is 15.2 Å². The van der Waals surface area contributed by atoms with E-state index < -0.39 is 0 Å². The second-order valence-corrected chi connectivity index (χ2v) is 7.17. The number of piperazine rings is 1. The fourth-order valence-corrected chi connectivity index (χ4v) is 3.56. The largest absolute Gasteiger partial charge is 0.497 e. The van der Waals surface area contributed by atoms with Gasteiger partial charge in [-0.2, -0.15) is 0 Å². The van der Waals surface area contributed by atoms with Crippen LogP contribution in [0.2, 0.25) is 0 Å². The predicted octanol–water partition coefficient (Wildman–Crippen LogP) is 2.27. The normalized spacial score (nSPS) is 13.9. The summed E-state index contributed by atoms with van der Waals surface area (Å²) < 4.78 is 6.51. The maximum atomic E-state index is 12.7. The molecule has 0 saturated carbocycles. The van der Waals surface area contributed by atoms with E-state index >= 15 is 0 Å². The van der Waals surface area contributed by atoms with Crippen molar-refractivity contribution < 1.29 is 9.53 Å². The second kappa shape index (κ2) is 8.82. The molecule has 7 nitrogen and oxygen atoms in total. The highest BCUT2D eigenvalue weighted by Crippen LogP contribution is 2.19. The monoisotopic (exact) mass is 404 g/mol. The summed E-state index contributed by atoms with van der Waals surface area (Å²) in [7, 11) is 1.60. The molecule has 30 heavy (non-hydrogen) atoms. The van der Waals surface area contributed by atoms with Crippen LogP contribution in [0, 0.1) is 0 Å². The molecule has 1 aromatic heterocycles. The number of para-hydroxylation sites is 1. The molecule has 1 aliphatic heterocycles. The van der Waals surface area contributed by atoms with Crippen LogP contribution in [0.25, 0.3) is 11.3 Å². The number of ether oxygens (including phenoxy) is 1. The van der Waals surface area contributed by atoms with Crippen molar-refractivity contribution >= 4 is 11.6 Å². The number of benzene rings is 2. The summed E-state index contributed by atoms with van der Waals surface area (Å²) in [6.07, 6.45) is 1.44. The molecule has 0 radical (unpaired) electrons. The third kappa shape index (κ3) is 4.35. The van der Waals surface area contributed by atoms with Gasteiger partial charge < -0.3 is 14.5 Å². The molecule has 7 heteroatoms. The minimum Gasteiger partial charge on any atom is -0.497 e. The number of amides is 1. The van der Waals surface area contributed by atoms with Gasteiger partial charge >= 0.3 is 0 Å². The van der Waals surface area contributed by atoms with Gasteiger partial charge in [-0.15, -0.1) is 0 Å². The molecule has 0 unspecified atom stereocenters. The highest BCUT2D eigenvalue weighted by atomic mass is 16.5. The third-order valence-corrected chi connectivity index (χ3v) is 5.32. The first kappa shape index (κ1) is 19.7. The Morgan fingerprint density at radius 2 is 1.70 bits per heavy atom. The number of rotatable bonds is 5. The highest BCUT2D eigenvalue weighted by molar-refractivity contribution is 5.76. The lowest BCUT2D eigenvalue weighted by Gasteiger charge is -2.36. The minimum absolute atomic E-state index is 0.0000624. The summed E-state index contributed by atoms with van der Waals surface area (Å²) in [6.45, 7) is 2.83. The summed E-state index contributed by atoms with van der Waals surface area (Å²) in [6, 6.07) is 19.0. The number of anilines is 1. The zero-order valence-electron chi connectivity index (χ0n) is 16.9. The fraction of sp³-hybridized carbons (Fsp3) is 0.261. The quantitative estimate of drug-likeness (QED) is 0.653. The predicted molar refractivity (Wildman–Crippen MR) is 116 cm³/mol. The first-order valence-electron chi connectivity index (χ1n) is 9.93. The zero-order valence-corrected chi connectivity index (χ0v) is 16.9. The van der Waals surface area contributed by atoms with Gasteiger partial charge in [-0.25, -0.2) is 4.98 Å². The van der Waals surface area contributed by atoms with Crippen LogP contribution in [0.4, 0.5) is 5.69 Å². The maximum absolute atomic E-state index is 12.7. The van der Waals surface area contributed by atoms with Crippen LogP contribution in [0.5, 0.6) is 5.75 Å². The molecule has 0 aliphatic carbocycles. The van der Waals surface area contributed by atoms with Gasteiger partial charge in [0.25, 0.3) is 5.56 Å². The smallest absolute Gasteiger partial charge is 0.254 e. The Morgan fingerprint density at radius 3 is 2.33 bits per heavy atom. The van der Waals surface area contributed by atoms with E-state index in [0.29, 0.717) is 18.8 Å². The Labute approximate surface area is 175 Å². The minimum atomic E-state index is -0.243. The number of carbonyl (C=O) groups excluding carboxylic acids is 1. The summed E-state index contributed by atoms with van der Waals surface area (Å²) in [5, 5.41) is 0. The summed E-state index contributed by atoms with van der Waals surface area (Å²) in [4.78, 5) is 33.6. The molecule has 2 heterocycles. The van der Waals surface area contributed by atoms with Gasteiger partial charge in [0.1, 0.15) is 12.3 Å². The molecular weight excluding hydrogens is 380 g/mol. The number of nitrogens with zero attached hydrogens (tertiary/aromatic N) is 4. The molecule has 1 saturated heterocycles. The van der Waals surface area contributed by atoms with Crippen LogP contribution in [-0.4, -0.2) is 53.6 Å². The van der Waals surface area contributed by atoms with Crippen LogP contribution in [0.3, 0.4) is 0 Å². The van der Waals surface area contributed by atoms with E-state index in [1.54, 1.807) is 7.11 Å². The number of hydrogen-bond acceptors (Lipinski definition) is 5. The van der Waals surface area contributed by atoms with Gasteiger partial charge in [0.15, 0.2) is 0 Å². The van der Waals surface area contributed by atoms with Crippen molar-refractivity contribution in [3.63, 3.8) is 0 Å². The van der Waals surface area contributed by atoms with Gasteiger partial charge in [-0.3, -0.25) is 14.2 Å². The lowest BCUT2D eigenvalue weighted by Crippen LogP contribution is -2.50. The van der Waals surface area contributed by atoms with Crippen molar-refractivity contribution in [2.24, 2.45) is 0 Å². The van der Waals surface area contributed by atoms with E-state index in [9.17, 15) is 9.59 Å².